The molecule has 0 bridgehead atoms. The average Bonchev–Trinajstić information content (AvgIpc) is 2.64. The quantitative estimate of drug-likeness (QED) is 0.379. The first-order valence-corrected chi connectivity index (χ1v) is 10.7. The number of aryl methyl sites for hydroxylation is 2. The fourth-order valence-corrected chi connectivity index (χ4v) is 3.62. The number of amides is 1. The first kappa shape index (κ1) is 22.3. The third-order valence-corrected chi connectivity index (χ3v) is 5.36. The van der Waals surface area contributed by atoms with Crippen molar-refractivity contribution in [3.05, 3.63) is 69.5 Å². The van der Waals surface area contributed by atoms with Crippen molar-refractivity contribution in [2.45, 2.75) is 19.8 Å². The molecule has 1 N–H and O–H groups in total. The highest BCUT2D eigenvalue weighted by atomic mass is 32.2. The van der Waals surface area contributed by atoms with Gasteiger partial charge in [-0.1, -0.05) is 18.2 Å². The number of nitrogens with one attached hydrogen (secondary N) is 1. The molecular weight excluding hydrogens is 401 g/mol. The number of anilines is 1. The van der Waals surface area contributed by atoms with E-state index in [2.05, 4.69) is 5.32 Å². The van der Waals surface area contributed by atoms with Crippen LogP contribution < -0.4 is 9.62 Å². The van der Waals surface area contributed by atoms with Crippen LogP contribution in [-0.2, 0) is 21.2 Å². The van der Waals surface area contributed by atoms with Gasteiger partial charge in [-0.05, 0) is 43.0 Å². The van der Waals surface area contributed by atoms with Gasteiger partial charge in [0.15, 0.2) is 0 Å². The highest BCUT2D eigenvalue weighted by Gasteiger charge is 2.24. The van der Waals surface area contributed by atoms with Crippen molar-refractivity contribution >= 4 is 27.3 Å². The monoisotopic (exact) mass is 423 g/mol. The molecule has 0 aliphatic carbocycles. The van der Waals surface area contributed by atoms with E-state index in [-0.39, 0.29) is 17.2 Å². The minimum absolute atomic E-state index is 0.0863. The zero-order valence-corrected chi connectivity index (χ0v) is 16.9. The van der Waals surface area contributed by atoms with Crippen molar-refractivity contribution in [3.63, 3.8) is 0 Å². The summed E-state index contributed by atoms with van der Waals surface area (Å²) in [6.45, 7) is 1.43. The predicted octanol–water partition coefficient (Wildman–Crippen LogP) is 2.56. The van der Waals surface area contributed by atoms with Crippen LogP contribution in [0.5, 0.6) is 0 Å². The maximum Gasteiger partial charge on any atom is 0.271 e. The third kappa shape index (κ3) is 6.53. The minimum Gasteiger partial charge on any atom is -0.355 e. The molecule has 0 aliphatic heterocycles. The number of hydrogen-bond donors (Lipinski definition) is 1. The van der Waals surface area contributed by atoms with Crippen LogP contribution in [0, 0.1) is 22.9 Å². The van der Waals surface area contributed by atoms with Crippen LogP contribution in [0.15, 0.2) is 42.5 Å². The van der Waals surface area contributed by atoms with Crippen LogP contribution in [0.4, 0.5) is 15.8 Å². The molecule has 8 nitrogen and oxygen atoms in total. The second-order valence-electron chi connectivity index (χ2n) is 6.58. The van der Waals surface area contributed by atoms with E-state index in [0.29, 0.717) is 24.9 Å². The standard InChI is InChI=1S/C19H22FN3O5S/c1-14-5-10-17(23(25)26)12-18(14)22(29(2,27)28)13-19(24)21-11-3-4-15-6-8-16(20)9-7-15/h5-10,12H,3-4,11,13H2,1-2H3,(H,21,24). The number of hydrogen-bond acceptors (Lipinski definition) is 5. The minimum atomic E-state index is -3.84. The van der Waals surface area contributed by atoms with Gasteiger partial charge >= 0.3 is 0 Å². The number of nitro groups is 1. The summed E-state index contributed by atoms with van der Waals surface area (Å²) >= 11 is 0. The molecule has 0 aromatic heterocycles. The van der Waals surface area contributed by atoms with E-state index in [0.717, 1.165) is 22.2 Å². The van der Waals surface area contributed by atoms with E-state index in [9.17, 15) is 27.7 Å². The molecule has 0 spiro atoms. The predicted molar refractivity (Wildman–Crippen MR) is 108 cm³/mol. The number of benzene rings is 2. The van der Waals surface area contributed by atoms with Gasteiger partial charge in [0.1, 0.15) is 12.4 Å². The van der Waals surface area contributed by atoms with Crippen LogP contribution in [0.25, 0.3) is 0 Å². The highest BCUT2D eigenvalue weighted by Crippen LogP contribution is 2.27. The fraction of sp³-hybridized carbons (Fsp3) is 0.316. The Kier molecular flexibility index (Phi) is 7.27. The van der Waals surface area contributed by atoms with Crippen molar-refractivity contribution in [2.24, 2.45) is 0 Å². The van der Waals surface area contributed by atoms with Gasteiger partial charge in [0, 0.05) is 18.7 Å². The molecule has 0 fully saturated rings. The summed E-state index contributed by atoms with van der Waals surface area (Å²) in [6.07, 6.45) is 2.15. The van der Waals surface area contributed by atoms with Crippen LogP contribution in [0.2, 0.25) is 0 Å². The lowest BCUT2D eigenvalue weighted by molar-refractivity contribution is -0.384. The molecule has 10 heteroatoms. The van der Waals surface area contributed by atoms with Crippen molar-refractivity contribution in [1.82, 2.24) is 5.32 Å². The number of carbonyl (C=O) groups is 1. The Morgan fingerprint density at radius 2 is 1.86 bits per heavy atom. The summed E-state index contributed by atoms with van der Waals surface area (Å²) in [6, 6.07) is 9.89. The van der Waals surface area contributed by atoms with E-state index >= 15 is 0 Å². The molecule has 0 aliphatic rings. The Morgan fingerprint density at radius 3 is 2.45 bits per heavy atom. The second kappa shape index (κ2) is 9.46. The van der Waals surface area contributed by atoms with Crippen molar-refractivity contribution in [1.29, 1.82) is 0 Å². The molecule has 2 aromatic rings. The summed E-state index contributed by atoms with van der Waals surface area (Å²) in [4.78, 5) is 22.6. The van der Waals surface area contributed by atoms with Gasteiger partial charge in [-0.25, -0.2) is 12.8 Å². The molecule has 0 radical (unpaired) electrons. The Balaban J connectivity index is 2.01. The van der Waals surface area contributed by atoms with E-state index in [4.69, 9.17) is 0 Å². The zero-order chi connectivity index (χ0) is 21.6. The van der Waals surface area contributed by atoms with Crippen molar-refractivity contribution < 1.29 is 22.5 Å². The zero-order valence-electron chi connectivity index (χ0n) is 16.1. The molecule has 0 saturated carbocycles. The summed E-state index contributed by atoms with van der Waals surface area (Å²) < 4.78 is 38.1. The number of nitrogens with zero attached hydrogens (tertiary/aromatic N) is 2. The first-order chi connectivity index (χ1) is 13.6. The molecule has 0 unspecified atom stereocenters. The lowest BCUT2D eigenvalue weighted by Crippen LogP contribution is -2.41. The van der Waals surface area contributed by atoms with Crippen LogP contribution in [0.3, 0.4) is 0 Å². The number of sulfonamides is 1. The highest BCUT2D eigenvalue weighted by molar-refractivity contribution is 7.92. The van der Waals surface area contributed by atoms with Gasteiger partial charge in [-0.15, -0.1) is 0 Å². The molecule has 2 aromatic carbocycles. The number of non-ortho nitro benzene ring substituents is 1. The smallest absolute Gasteiger partial charge is 0.271 e. The molecule has 1 amide bonds. The van der Waals surface area contributed by atoms with Crippen LogP contribution in [-0.4, -0.2) is 38.6 Å². The normalized spacial score (nSPS) is 11.1. The summed E-state index contributed by atoms with van der Waals surface area (Å²) in [5.74, 6) is -0.847. The number of rotatable bonds is 9. The molecule has 156 valence electrons. The molecule has 29 heavy (non-hydrogen) atoms. The fourth-order valence-electron chi connectivity index (χ4n) is 2.72. The third-order valence-electron chi connectivity index (χ3n) is 4.24. The molecule has 2 rings (SSSR count). The maximum absolute atomic E-state index is 12.9. The number of carbonyl (C=O) groups excluding carboxylic acids is 1. The van der Waals surface area contributed by atoms with Gasteiger partial charge in [-0.3, -0.25) is 19.2 Å². The van der Waals surface area contributed by atoms with E-state index < -0.39 is 27.4 Å². The SMILES string of the molecule is Cc1ccc([N+](=O)[O-])cc1N(CC(=O)NCCCc1ccc(F)cc1)S(C)(=O)=O. The molecule has 0 heterocycles. The molecule has 0 saturated heterocycles. The first-order valence-electron chi connectivity index (χ1n) is 8.82. The summed E-state index contributed by atoms with van der Waals surface area (Å²) in [7, 11) is -3.84. The summed E-state index contributed by atoms with van der Waals surface area (Å²) in [5, 5.41) is 13.6. The van der Waals surface area contributed by atoms with E-state index in [1.54, 1.807) is 19.1 Å². The Bertz CT molecular complexity index is 993. The molecule has 0 atom stereocenters. The average molecular weight is 423 g/mol. The largest absolute Gasteiger partial charge is 0.355 e. The topological polar surface area (TPSA) is 110 Å². The number of halogens is 1. The Labute approximate surface area is 168 Å². The van der Waals surface area contributed by atoms with E-state index in [1.165, 1.54) is 24.3 Å². The van der Waals surface area contributed by atoms with Crippen LogP contribution >= 0.6 is 0 Å². The van der Waals surface area contributed by atoms with Gasteiger partial charge in [0.05, 0.1) is 16.9 Å². The van der Waals surface area contributed by atoms with Gasteiger partial charge < -0.3 is 5.32 Å². The maximum atomic E-state index is 12.9. The number of nitro benzene ring substituents is 1. The van der Waals surface area contributed by atoms with Crippen molar-refractivity contribution in [2.75, 3.05) is 23.7 Å². The van der Waals surface area contributed by atoms with Gasteiger partial charge in [0.25, 0.3) is 5.69 Å². The second-order valence-corrected chi connectivity index (χ2v) is 8.48. The lowest BCUT2D eigenvalue weighted by atomic mass is 10.1. The molecular formula is C19H22FN3O5S. The Hall–Kier alpha value is -3.01. The van der Waals surface area contributed by atoms with Crippen LogP contribution in [0.1, 0.15) is 17.5 Å². The van der Waals surface area contributed by atoms with Gasteiger partial charge in [-0.2, -0.15) is 0 Å². The van der Waals surface area contributed by atoms with Crippen molar-refractivity contribution in [3.8, 4) is 0 Å². The van der Waals surface area contributed by atoms with Gasteiger partial charge in [0.2, 0.25) is 15.9 Å². The van der Waals surface area contributed by atoms with E-state index in [1.807, 2.05) is 0 Å². The lowest BCUT2D eigenvalue weighted by Gasteiger charge is -2.23. The summed E-state index contributed by atoms with van der Waals surface area (Å²) in [5.41, 5.74) is 1.23. The Morgan fingerprint density at radius 1 is 1.21 bits per heavy atom.